The smallest absolute Gasteiger partial charge is 0.251 e. The van der Waals surface area contributed by atoms with Crippen LogP contribution in [0.3, 0.4) is 0 Å². The number of nitrogens with zero attached hydrogens (tertiary/aromatic N) is 3. The Morgan fingerprint density at radius 2 is 1.86 bits per heavy atom. The number of primary amides is 1. The summed E-state index contributed by atoms with van der Waals surface area (Å²) in [4.78, 5) is 30.9. The van der Waals surface area contributed by atoms with Gasteiger partial charge in [0.15, 0.2) is 0 Å². The minimum atomic E-state index is -0.545. The molecule has 0 radical (unpaired) electrons. The van der Waals surface area contributed by atoms with Gasteiger partial charge in [-0.15, -0.1) is 0 Å². The van der Waals surface area contributed by atoms with Crippen LogP contribution in [0.2, 0.25) is 0 Å². The lowest BCUT2D eigenvalue weighted by molar-refractivity contribution is -0.142. The first-order chi connectivity index (χ1) is 13.5. The van der Waals surface area contributed by atoms with Crippen LogP contribution < -0.4 is 5.73 Å². The first-order valence-electron chi connectivity index (χ1n) is 10.9. The summed E-state index contributed by atoms with van der Waals surface area (Å²) in [6, 6.07) is 0.372. The number of amides is 2. The lowest BCUT2D eigenvalue weighted by Gasteiger charge is -2.44. The maximum Gasteiger partial charge on any atom is 0.251 e. The van der Waals surface area contributed by atoms with Crippen molar-refractivity contribution in [3.63, 3.8) is 0 Å². The predicted molar refractivity (Wildman–Crippen MR) is 104 cm³/mol. The molecule has 4 aliphatic rings. The quantitative estimate of drug-likeness (QED) is 0.633. The average Bonchev–Trinajstić information content (AvgIpc) is 3.27. The summed E-state index contributed by atoms with van der Waals surface area (Å²) in [5.74, 6) is -0.117. The number of piperazine rings is 1. The van der Waals surface area contributed by atoms with E-state index < -0.39 is 11.6 Å². The third-order valence-electron chi connectivity index (χ3n) is 7.23. The average molecular weight is 395 g/mol. The van der Waals surface area contributed by atoms with Gasteiger partial charge in [0.2, 0.25) is 5.91 Å². The van der Waals surface area contributed by atoms with E-state index in [1.165, 1.54) is 0 Å². The highest BCUT2D eigenvalue weighted by Gasteiger charge is 2.52. The molecule has 0 aromatic carbocycles. The molecule has 158 valence electrons. The molecule has 4 saturated heterocycles. The summed E-state index contributed by atoms with van der Waals surface area (Å²) in [5, 5.41) is 10.7. The van der Waals surface area contributed by atoms with Crippen molar-refractivity contribution in [2.75, 3.05) is 45.9 Å². The molecule has 0 saturated carbocycles. The number of aliphatic hydroxyl groups is 1. The van der Waals surface area contributed by atoms with Crippen LogP contribution in [0.4, 0.5) is 0 Å². The number of rotatable bonds is 6. The normalized spacial score (nSPS) is 35.2. The van der Waals surface area contributed by atoms with Crippen molar-refractivity contribution in [2.45, 2.75) is 68.7 Å². The van der Waals surface area contributed by atoms with Gasteiger partial charge >= 0.3 is 0 Å². The zero-order valence-electron chi connectivity index (χ0n) is 16.7. The Balaban J connectivity index is 1.26. The molecule has 4 rings (SSSR count). The Kier molecular flexibility index (Phi) is 5.92. The minimum Gasteiger partial charge on any atom is -0.390 e. The lowest BCUT2D eigenvalue weighted by Crippen LogP contribution is -2.60. The molecule has 4 aliphatic heterocycles. The fourth-order valence-corrected chi connectivity index (χ4v) is 5.67. The largest absolute Gasteiger partial charge is 0.390 e. The van der Waals surface area contributed by atoms with Crippen LogP contribution in [0.25, 0.3) is 0 Å². The van der Waals surface area contributed by atoms with E-state index in [1.807, 2.05) is 4.90 Å². The Morgan fingerprint density at radius 3 is 2.54 bits per heavy atom. The van der Waals surface area contributed by atoms with E-state index >= 15 is 0 Å². The van der Waals surface area contributed by atoms with Gasteiger partial charge in [-0.25, -0.2) is 0 Å². The second-order valence-corrected chi connectivity index (χ2v) is 8.91. The van der Waals surface area contributed by atoms with Crippen LogP contribution in [0.5, 0.6) is 0 Å². The van der Waals surface area contributed by atoms with Crippen molar-refractivity contribution in [3.8, 4) is 0 Å². The Labute approximate surface area is 167 Å². The molecular weight excluding hydrogens is 360 g/mol. The second-order valence-electron chi connectivity index (χ2n) is 8.91. The molecule has 8 nitrogen and oxygen atoms in total. The summed E-state index contributed by atoms with van der Waals surface area (Å²) in [5.41, 5.74) is 5.22. The van der Waals surface area contributed by atoms with E-state index in [4.69, 9.17) is 10.5 Å². The highest BCUT2D eigenvalue weighted by Crippen LogP contribution is 2.43. The van der Waals surface area contributed by atoms with Gasteiger partial charge in [0, 0.05) is 51.9 Å². The van der Waals surface area contributed by atoms with Gasteiger partial charge in [-0.2, -0.15) is 0 Å². The standard InChI is InChI=1S/C20H34N4O4/c21-19(27)20-6-1-3-15(5-7-20)24(20)14-16(25)13-22-8-10-23(11-9-22)18(26)17-4-2-12-28-17/h15-17,25H,1-14H2,(H2,21,27)/t15-,16-,17+,20+/m1/s1. The van der Waals surface area contributed by atoms with Gasteiger partial charge in [-0.1, -0.05) is 0 Å². The molecule has 4 fully saturated rings. The number of hydrogen-bond donors (Lipinski definition) is 2. The van der Waals surface area contributed by atoms with Gasteiger partial charge in [-0.05, 0) is 44.9 Å². The summed E-state index contributed by atoms with van der Waals surface area (Å²) < 4.78 is 5.51. The van der Waals surface area contributed by atoms with Crippen molar-refractivity contribution >= 4 is 11.8 Å². The molecule has 0 aromatic rings. The number of nitrogens with two attached hydrogens (primary N) is 1. The number of hydrogen-bond acceptors (Lipinski definition) is 6. The van der Waals surface area contributed by atoms with Crippen LogP contribution in [0.1, 0.15) is 44.9 Å². The topological polar surface area (TPSA) is 99.3 Å². The molecule has 0 aliphatic carbocycles. The van der Waals surface area contributed by atoms with E-state index in [9.17, 15) is 14.7 Å². The molecule has 3 N–H and O–H groups in total. The van der Waals surface area contributed by atoms with Crippen molar-refractivity contribution < 1.29 is 19.4 Å². The summed E-state index contributed by atoms with van der Waals surface area (Å²) in [6.07, 6.45) is 5.80. The number of carbonyl (C=O) groups is 2. The third-order valence-corrected chi connectivity index (χ3v) is 7.23. The molecule has 0 unspecified atom stereocenters. The fourth-order valence-electron chi connectivity index (χ4n) is 5.67. The van der Waals surface area contributed by atoms with Crippen molar-refractivity contribution in [2.24, 2.45) is 5.73 Å². The van der Waals surface area contributed by atoms with E-state index in [1.54, 1.807) is 0 Å². The summed E-state index contributed by atoms with van der Waals surface area (Å²) in [6.45, 7) is 4.65. The number of carbonyl (C=O) groups excluding carboxylic acids is 2. The second kappa shape index (κ2) is 8.26. The van der Waals surface area contributed by atoms with Gasteiger partial charge in [0.05, 0.1) is 6.10 Å². The minimum absolute atomic E-state index is 0.117. The monoisotopic (exact) mass is 394 g/mol. The van der Waals surface area contributed by atoms with Gasteiger partial charge in [-0.3, -0.25) is 19.4 Å². The Hall–Kier alpha value is -1.22. The van der Waals surface area contributed by atoms with Crippen LogP contribution in [0, 0.1) is 0 Å². The van der Waals surface area contributed by atoms with Crippen LogP contribution in [-0.2, 0) is 14.3 Å². The van der Waals surface area contributed by atoms with Crippen molar-refractivity contribution in [1.82, 2.24) is 14.7 Å². The maximum atomic E-state index is 12.5. The molecule has 2 bridgehead atoms. The first kappa shape index (κ1) is 20.1. The molecule has 0 aromatic heterocycles. The number of ether oxygens (including phenoxy) is 1. The van der Waals surface area contributed by atoms with Crippen LogP contribution in [0.15, 0.2) is 0 Å². The molecule has 2 amide bonds. The van der Waals surface area contributed by atoms with Gasteiger partial charge in [0.1, 0.15) is 11.6 Å². The molecular formula is C20H34N4O4. The van der Waals surface area contributed by atoms with Crippen molar-refractivity contribution in [1.29, 1.82) is 0 Å². The zero-order valence-corrected chi connectivity index (χ0v) is 16.7. The van der Waals surface area contributed by atoms with Gasteiger partial charge < -0.3 is 20.5 Å². The molecule has 8 heteroatoms. The van der Waals surface area contributed by atoms with Crippen LogP contribution >= 0.6 is 0 Å². The third kappa shape index (κ3) is 3.79. The lowest BCUT2D eigenvalue weighted by atomic mass is 9.87. The molecule has 0 spiro atoms. The Morgan fingerprint density at radius 1 is 1.07 bits per heavy atom. The van der Waals surface area contributed by atoms with E-state index in [2.05, 4.69) is 9.80 Å². The van der Waals surface area contributed by atoms with E-state index in [-0.39, 0.29) is 17.9 Å². The number of fused-ring (bicyclic) bond motifs is 2. The summed E-state index contributed by atoms with van der Waals surface area (Å²) in [7, 11) is 0. The number of aliphatic hydroxyl groups excluding tert-OH is 1. The summed E-state index contributed by atoms with van der Waals surface area (Å²) >= 11 is 0. The highest BCUT2D eigenvalue weighted by atomic mass is 16.5. The van der Waals surface area contributed by atoms with E-state index in [0.29, 0.717) is 38.8 Å². The Bertz CT molecular complexity index is 585. The number of β-amino-alcohol motifs (C(OH)–C–C–N with tert-alkyl or cyclic N) is 1. The predicted octanol–water partition coefficient (Wildman–Crippen LogP) is -0.457. The molecule has 4 heterocycles. The fraction of sp³-hybridized carbons (Fsp3) is 0.900. The highest BCUT2D eigenvalue weighted by molar-refractivity contribution is 5.85. The zero-order chi connectivity index (χ0) is 19.7. The SMILES string of the molecule is NC(=O)[C@]12CCC[C@H](CC1)N2C[C@H](O)CN1CCN(C(=O)[C@@H]2CCCO2)CC1. The first-order valence-corrected chi connectivity index (χ1v) is 10.9. The molecule has 4 atom stereocenters. The van der Waals surface area contributed by atoms with Gasteiger partial charge in [0.25, 0.3) is 5.91 Å². The van der Waals surface area contributed by atoms with E-state index in [0.717, 1.165) is 58.0 Å². The number of piperidine rings is 1. The maximum absolute atomic E-state index is 12.5. The van der Waals surface area contributed by atoms with Crippen molar-refractivity contribution in [3.05, 3.63) is 0 Å². The molecule has 28 heavy (non-hydrogen) atoms. The van der Waals surface area contributed by atoms with Crippen LogP contribution in [-0.4, -0.2) is 101 Å².